The van der Waals surface area contributed by atoms with Crippen molar-refractivity contribution in [1.29, 1.82) is 0 Å². The van der Waals surface area contributed by atoms with Gasteiger partial charge >= 0.3 is 0 Å². The lowest BCUT2D eigenvalue weighted by Gasteiger charge is -2.40. The van der Waals surface area contributed by atoms with Crippen LogP contribution >= 0.6 is 0 Å². The molecule has 12 aromatic rings. The maximum Gasteiger partial charge on any atom is 0.140 e. The fourth-order valence-corrected chi connectivity index (χ4v) is 13.2. The van der Waals surface area contributed by atoms with Crippen LogP contribution in [0.25, 0.3) is 76.9 Å². The first-order valence-corrected chi connectivity index (χ1v) is 25.1. The molecule has 1 atom stereocenters. The summed E-state index contributed by atoms with van der Waals surface area (Å²) in [4.78, 5) is 0. The van der Waals surface area contributed by atoms with Gasteiger partial charge in [0, 0.05) is 44.0 Å². The average molecular weight is 909 g/mol. The molecule has 0 bridgehead atoms. The van der Waals surface area contributed by atoms with Crippen LogP contribution in [0.4, 0.5) is 0 Å². The highest BCUT2D eigenvalue weighted by molar-refractivity contribution is 6.06. The van der Waals surface area contributed by atoms with E-state index in [2.05, 4.69) is 226 Å². The van der Waals surface area contributed by atoms with Crippen molar-refractivity contribution < 1.29 is 9.15 Å². The maximum absolute atomic E-state index is 7.21. The molecule has 15 rings (SSSR count). The molecule has 11 aromatic carbocycles. The van der Waals surface area contributed by atoms with Crippen molar-refractivity contribution in [1.82, 2.24) is 0 Å². The molecule has 0 saturated heterocycles. The number of para-hydroxylation sites is 1. The van der Waals surface area contributed by atoms with Gasteiger partial charge < -0.3 is 9.15 Å². The number of hydrogen-bond donors (Lipinski definition) is 0. The predicted octanol–water partition coefficient (Wildman–Crippen LogP) is 18.1. The standard InChI is InChI=1S/C69H48O2/c1-68(2)58-20-10-7-17-52(58)54-34-30-48(40-63(54)68)49(46-27-25-43(26-28-46)47-29-35-56-55-19-9-12-22-64(55)70-65(56)41-47)33-23-42-24-36-60-57(39-42)53-18-8-11-21-59(53)69(60)61-37-31-44-13-3-5-15-50(44)66(61)71-67-51-16-6-4-14-45(51)32-38-62(67)69/h3-22,24-32,34-41,49H,23,33H2,1-2H3. The highest BCUT2D eigenvalue weighted by atomic mass is 16.5. The van der Waals surface area contributed by atoms with E-state index in [1.807, 2.05) is 12.1 Å². The molecular weight excluding hydrogens is 861 g/mol. The molecule has 0 N–H and O–H groups in total. The minimum Gasteiger partial charge on any atom is -0.456 e. The van der Waals surface area contributed by atoms with E-state index in [9.17, 15) is 0 Å². The fourth-order valence-electron chi connectivity index (χ4n) is 13.2. The summed E-state index contributed by atoms with van der Waals surface area (Å²) < 4.78 is 13.5. The fraction of sp³-hybridized carbons (Fsp3) is 0.101. The molecule has 2 heteroatoms. The topological polar surface area (TPSA) is 22.4 Å². The molecule has 336 valence electrons. The molecule has 3 aliphatic rings. The lowest BCUT2D eigenvalue weighted by molar-refractivity contribution is 0.447. The van der Waals surface area contributed by atoms with Gasteiger partial charge in [-0.1, -0.05) is 220 Å². The highest BCUT2D eigenvalue weighted by Gasteiger charge is 2.52. The van der Waals surface area contributed by atoms with Crippen LogP contribution in [-0.2, 0) is 17.3 Å². The van der Waals surface area contributed by atoms with Crippen molar-refractivity contribution in [3.05, 3.63) is 275 Å². The first-order chi connectivity index (χ1) is 34.9. The second-order valence-corrected chi connectivity index (χ2v) is 20.6. The third kappa shape index (κ3) is 5.76. The van der Waals surface area contributed by atoms with Crippen molar-refractivity contribution >= 4 is 43.5 Å². The van der Waals surface area contributed by atoms with Crippen LogP contribution in [0.2, 0.25) is 0 Å². The van der Waals surface area contributed by atoms with Gasteiger partial charge in [0.2, 0.25) is 0 Å². The number of ether oxygens (including phenoxy) is 1. The molecule has 0 amide bonds. The average Bonchev–Trinajstić information content (AvgIpc) is 4.02. The summed E-state index contributed by atoms with van der Waals surface area (Å²) in [5, 5.41) is 6.93. The molecule has 1 unspecified atom stereocenters. The molecule has 0 radical (unpaired) electrons. The molecule has 0 saturated carbocycles. The Morgan fingerprint density at radius 1 is 0.380 bits per heavy atom. The number of rotatable bonds is 6. The first-order valence-electron chi connectivity index (χ1n) is 25.1. The smallest absolute Gasteiger partial charge is 0.140 e. The molecule has 0 fully saturated rings. The zero-order valence-corrected chi connectivity index (χ0v) is 39.7. The Balaban J connectivity index is 0.846. The summed E-state index contributed by atoms with van der Waals surface area (Å²) in [6, 6.07) is 83.6. The zero-order valence-electron chi connectivity index (χ0n) is 39.7. The van der Waals surface area contributed by atoms with Crippen molar-refractivity contribution in [2.75, 3.05) is 0 Å². The zero-order chi connectivity index (χ0) is 47.0. The van der Waals surface area contributed by atoms with Crippen molar-refractivity contribution in [3.8, 4) is 44.9 Å². The third-order valence-electron chi connectivity index (χ3n) is 16.6. The van der Waals surface area contributed by atoms with E-state index in [1.54, 1.807) is 0 Å². The van der Waals surface area contributed by atoms with Gasteiger partial charge in [-0.15, -0.1) is 0 Å². The van der Waals surface area contributed by atoms with Crippen LogP contribution in [0.3, 0.4) is 0 Å². The molecular formula is C69H48O2. The molecule has 1 aromatic heterocycles. The summed E-state index contributed by atoms with van der Waals surface area (Å²) >= 11 is 0. The number of fused-ring (bicyclic) bond motifs is 19. The second-order valence-electron chi connectivity index (χ2n) is 20.6. The van der Waals surface area contributed by atoms with Crippen molar-refractivity contribution in [2.24, 2.45) is 0 Å². The van der Waals surface area contributed by atoms with Crippen LogP contribution < -0.4 is 4.74 Å². The van der Waals surface area contributed by atoms with Crippen LogP contribution in [-0.4, -0.2) is 0 Å². The summed E-state index contributed by atoms with van der Waals surface area (Å²) in [6.07, 6.45) is 1.88. The lowest BCUT2D eigenvalue weighted by atomic mass is 9.65. The maximum atomic E-state index is 7.21. The van der Waals surface area contributed by atoms with Gasteiger partial charge in [0.15, 0.2) is 0 Å². The van der Waals surface area contributed by atoms with Crippen LogP contribution in [0, 0.1) is 0 Å². The van der Waals surface area contributed by atoms with Crippen LogP contribution in [0.5, 0.6) is 11.5 Å². The van der Waals surface area contributed by atoms with Gasteiger partial charge in [-0.05, 0) is 114 Å². The Bertz CT molecular complexity index is 4100. The summed E-state index contributed by atoms with van der Waals surface area (Å²) in [5.74, 6) is 2.07. The van der Waals surface area contributed by atoms with Gasteiger partial charge in [-0.25, -0.2) is 0 Å². The summed E-state index contributed by atoms with van der Waals surface area (Å²) in [5.41, 5.74) is 20.7. The molecule has 2 heterocycles. The molecule has 1 aliphatic heterocycles. The molecule has 71 heavy (non-hydrogen) atoms. The van der Waals surface area contributed by atoms with Gasteiger partial charge in [0.1, 0.15) is 22.7 Å². The van der Waals surface area contributed by atoms with Crippen molar-refractivity contribution in [2.45, 2.75) is 43.4 Å². The number of furan rings is 1. The molecule has 2 nitrogen and oxygen atoms in total. The molecule has 1 spiro atoms. The Labute approximate surface area is 413 Å². The van der Waals surface area contributed by atoms with Crippen molar-refractivity contribution in [3.63, 3.8) is 0 Å². The second kappa shape index (κ2) is 15.0. The van der Waals surface area contributed by atoms with Crippen LogP contribution in [0.15, 0.2) is 229 Å². The Morgan fingerprint density at radius 2 is 0.944 bits per heavy atom. The molecule has 2 aliphatic carbocycles. The predicted molar refractivity (Wildman–Crippen MR) is 292 cm³/mol. The summed E-state index contributed by atoms with van der Waals surface area (Å²) in [7, 11) is 0. The minimum atomic E-state index is -0.560. The van der Waals surface area contributed by atoms with E-state index in [1.165, 1.54) is 88.7 Å². The normalized spacial score (nSPS) is 14.7. The Kier molecular flexibility index (Phi) is 8.55. The van der Waals surface area contributed by atoms with E-state index >= 15 is 0 Å². The Hall–Kier alpha value is -8.46. The van der Waals surface area contributed by atoms with E-state index < -0.39 is 5.41 Å². The van der Waals surface area contributed by atoms with E-state index in [0.717, 1.165) is 62.6 Å². The number of aryl methyl sites for hydroxylation is 1. The third-order valence-corrected chi connectivity index (χ3v) is 16.6. The van der Waals surface area contributed by atoms with Gasteiger partial charge in [-0.2, -0.15) is 0 Å². The quantitative estimate of drug-likeness (QED) is 0.166. The monoisotopic (exact) mass is 908 g/mol. The van der Waals surface area contributed by atoms with Gasteiger partial charge in [0.05, 0.1) is 5.41 Å². The van der Waals surface area contributed by atoms with E-state index in [4.69, 9.17) is 9.15 Å². The van der Waals surface area contributed by atoms with Gasteiger partial charge in [0.25, 0.3) is 0 Å². The van der Waals surface area contributed by atoms with Gasteiger partial charge in [-0.3, -0.25) is 0 Å². The largest absolute Gasteiger partial charge is 0.456 e. The minimum absolute atomic E-state index is 0.0883. The first kappa shape index (κ1) is 40.4. The summed E-state index contributed by atoms with van der Waals surface area (Å²) in [6.45, 7) is 4.78. The highest BCUT2D eigenvalue weighted by Crippen LogP contribution is 2.64. The number of hydrogen-bond acceptors (Lipinski definition) is 2. The van der Waals surface area contributed by atoms with E-state index in [0.29, 0.717) is 0 Å². The van der Waals surface area contributed by atoms with E-state index in [-0.39, 0.29) is 11.3 Å². The Morgan fingerprint density at radius 3 is 1.69 bits per heavy atom. The SMILES string of the molecule is CC1(C)c2ccccc2-c2ccc(C(CCc3ccc4c(c3)-c3ccccc3C43c4ccc5ccccc5c4Oc4c3ccc3ccccc43)c3ccc(-c4ccc5c(c4)oc4ccccc45)cc3)cc21. The lowest BCUT2D eigenvalue weighted by Crippen LogP contribution is -2.32. The van der Waals surface area contributed by atoms with Crippen LogP contribution in [0.1, 0.15) is 76.3 Å². The number of benzene rings is 11.